The van der Waals surface area contributed by atoms with Crippen LogP contribution in [-0.2, 0) is 4.79 Å². The molecule has 2 N–H and O–H groups in total. The highest BCUT2D eigenvalue weighted by Crippen LogP contribution is 2.27. The third kappa shape index (κ3) is 4.06. The third-order valence-corrected chi connectivity index (χ3v) is 3.63. The highest BCUT2D eigenvalue weighted by atomic mass is 32.2. The lowest BCUT2D eigenvalue weighted by Crippen LogP contribution is -2.05. The van der Waals surface area contributed by atoms with Crippen LogP contribution in [-0.4, -0.2) is 22.0 Å². The summed E-state index contributed by atoms with van der Waals surface area (Å²) in [5.41, 5.74) is 1.43. The lowest BCUT2D eigenvalue weighted by atomic mass is 10.2. The summed E-state index contributed by atoms with van der Waals surface area (Å²) in [5.74, 6) is -1.09. The lowest BCUT2D eigenvalue weighted by Gasteiger charge is -2.06. The van der Waals surface area contributed by atoms with Crippen molar-refractivity contribution < 1.29 is 14.7 Å². The number of nitrogens with zero attached hydrogens (tertiary/aromatic N) is 1. The Bertz CT molecular complexity index is 684. The van der Waals surface area contributed by atoms with E-state index in [0.29, 0.717) is 5.69 Å². The van der Waals surface area contributed by atoms with Crippen LogP contribution in [0.1, 0.15) is 23.0 Å². The Labute approximate surface area is 126 Å². The van der Waals surface area contributed by atoms with Gasteiger partial charge in [0.15, 0.2) is 0 Å². The number of anilines is 1. The number of carbonyl (C=O) groups is 2. The summed E-state index contributed by atoms with van der Waals surface area (Å²) in [4.78, 5) is 27.1. The van der Waals surface area contributed by atoms with E-state index in [4.69, 9.17) is 5.11 Å². The predicted octanol–water partition coefficient (Wildman–Crippen LogP) is 3.20. The SMILES string of the molecule is CC(=O)Nc1ccc(Sc2ccc(C(=O)O)c(C)n2)cc1. The number of rotatable bonds is 4. The molecule has 1 aromatic heterocycles. The van der Waals surface area contributed by atoms with Gasteiger partial charge in [-0.3, -0.25) is 4.79 Å². The lowest BCUT2D eigenvalue weighted by molar-refractivity contribution is -0.114. The number of nitrogens with one attached hydrogen (secondary N) is 1. The molecule has 0 unspecified atom stereocenters. The molecular formula is C15H14N2O3S. The molecule has 0 spiro atoms. The molecule has 2 rings (SSSR count). The molecule has 0 fully saturated rings. The minimum atomic E-state index is -0.976. The number of hydrogen-bond acceptors (Lipinski definition) is 4. The van der Waals surface area contributed by atoms with Crippen molar-refractivity contribution in [2.75, 3.05) is 5.32 Å². The van der Waals surface area contributed by atoms with Crippen LogP contribution in [0.3, 0.4) is 0 Å². The van der Waals surface area contributed by atoms with Crippen molar-refractivity contribution in [1.29, 1.82) is 0 Å². The number of amides is 1. The first kappa shape index (κ1) is 15.1. The molecule has 0 atom stereocenters. The zero-order chi connectivity index (χ0) is 15.4. The zero-order valence-electron chi connectivity index (χ0n) is 11.6. The highest BCUT2D eigenvalue weighted by Gasteiger charge is 2.09. The number of aryl methyl sites for hydroxylation is 1. The van der Waals surface area contributed by atoms with Crippen LogP contribution in [0.5, 0.6) is 0 Å². The van der Waals surface area contributed by atoms with E-state index < -0.39 is 5.97 Å². The molecule has 21 heavy (non-hydrogen) atoms. The van der Waals surface area contributed by atoms with Crippen LogP contribution >= 0.6 is 11.8 Å². The van der Waals surface area contributed by atoms with E-state index in [1.54, 1.807) is 19.1 Å². The van der Waals surface area contributed by atoms with E-state index in [2.05, 4.69) is 10.3 Å². The van der Waals surface area contributed by atoms with Gasteiger partial charge in [0.2, 0.25) is 5.91 Å². The molecule has 0 radical (unpaired) electrons. The van der Waals surface area contributed by atoms with Crippen LogP contribution in [0.15, 0.2) is 46.3 Å². The standard InChI is InChI=1S/C15H14N2O3S/c1-9-13(15(19)20)7-8-14(16-9)21-12-5-3-11(4-6-12)17-10(2)18/h3-8H,1-2H3,(H,17,18)(H,19,20). The van der Waals surface area contributed by atoms with Crippen molar-refractivity contribution in [3.05, 3.63) is 47.7 Å². The summed E-state index contributed by atoms with van der Waals surface area (Å²) in [7, 11) is 0. The molecule has 1 amide bonds. The summed E-state index contributed by atoms with van der Waals surface area (Å²) in [5, 5.41) is 12.4. The van der Waals surface area contributed by atoms with Gasteiger partial charge in [0.1, 0.15) is 5.03 Å². The number of hydrogen-bond donors (Lipinski definition) is 2. The molecular weight excluding hydrogens is 288 g/mol. The average molecular weight is 302 g/mol. The minimum Gasteiger partial charge on any atom is -0.478 e. The Kier molecular flexibility index (Phi) is 4.59. The molecule has 0 bridgehead atoms. The van der Waals surface area contributed by atoms with Crippen LogP contribution in [0.25, 0.3) is 0 Å². The van der Waals surface area contributed by atoms with Crippen molar-refractivity contribution >= 4 is 29.3 Å². The van der Waals surface area contributed by atoms with Gasteiger partial charge in [-0.2, -0.15) is 0 Å². The molecule has 0 aliphatic carbocycles. The fourth-order valence-electron chi connectivity index (χ4n) is 1.75. The molecule has 0 saturated heterocycles. The van der Waals surface area contributed by atoms with E-state index in [0.717, 1.165) is 15.6 Å². The average Bonchev–Trinajstić information content (AvgIpc) is 2.40. The van der Waals surface area contributed by atoms with Crippen molar-refractivity contribution in [2.24, 2.45) is 0 Å². The molecule has 6 heteroatoms. The number of aromatic nitrogens is 1. The van der Waals surface area contributed by atoms with Crippen LogP contribution in [0, 0.1) is 6.92 Å². The molecule has 0 aliphatic heterocycles. The summed E-state index contributed by atoms with van der Waals surface area (Å²) >= 11 is 1.43. The fourth-order valence-corrected chi connectivity index (χ4v) is 2.58. The number of benzene rings is 1. The maximum atomic E-state index is 10.9. The van der Waals surface area contributed by atoms with Crippen LogP contribution in [0.2, 0.25) is 0 Å². The van der Waals surface area contributed by atoms with Gasteiger partial charge >= 0.3 is 5.97 Å². The summed E-state index contributed by atoms with van der Waals surface area (Å²) in [6.07, 6.45) is 0. The van der Waals surface area contributed by atoms with Gasteiger partial charge in [-0.1, -0.05) is 11.8 Å². The minimum absolute atomic E-state index is 0.114. The molecule has 2 aromatic rings. The largest absolute Gasteiger partial charge is 0.478 e. The topological polar surface area (TPSA) is 79.3 Å². The molecule has 0 saturated carbocycles. The maximum absolute atomic E-state index is 10.9. The Morgan fingerprint density at radius 1 is 1.14 bits per heavy atom. The van der Waals surface area contributed by atoms with E-state index in [-0.39, 0.29) is 11.5 Å². The number of aromatic carboxylic acids is 1. The van der Waals surface area contributed by atoms with Gasteiger partial charge in [-0.05, 0) is 43.3 Å². The van der Waals surface area contributed by atoms with E-state index in [1.807, 2.05) is 24.3 Å². The summed E-state index contributed by atoms with van der Waals surface area (Å²) in [6, 6.07) is 10.6. The first-order valence-electron chi connectivity index (χ1n) is 6.22. The normalized spacial score (nSPS) is 10.2. The first-order chi connectivity index (χ1) is 9.95. The molecule has 0 aliphatic rings. The second kappa shape index (κ2) is 6.41. The summed E-state index contributed by atoms with van der Waals surface area (Å²) in [6.45, 7) is 3.13. The smallest absolute Gasteiger partial charge is 0.337 e. The van der Waals surface area contributed by atoms with E-state index >= 15 is 0 Å². The van der Waals surface area contributed by atoms with Gasteiger partial charge in [-0.15, -0.1) is 0 Å². The van der Waals surface area contributed by atoms with Crippen LogP contribution in [0.4, 0.5) is 5.69 Å². The van der Waals surface area contributed by atoms with Gasteiger partial charge in [-0.25, -0.2) is 9.78 Å². The second-order valence-corrected chi connectivity index (χ2v) is 5.49. The molecule has 1 aromatic carbocycles. The van der Waals surface area contributed by atoms with Crippen molar-refractivity contribution in [3.8, 4) is 0 Å². The van der Waals surface area contributed by atoms with Gasteiger partial charge < -0.3 is 10.4 Å². The molecule has 5 nitrogen and oxygen atoms in total. The van der Waals surface area contributed by atoms with Crippen molar-refractivity contribution in [3.63, 3.8) is 0 Å². The van der Waals surface area contributed by atoms with E-state index in [9.17, 15) is 9.59 Å². The molecule has 108 valence electrons. The predicted molar refractivity (Wildman–Crippen MR) is 80.8 cm³/mol. The van der Waals surface area contributed by atoms with Gasteiger partial charge in [0.05, 0.1) is 11.3 Å². The Morgan fingerprint density at radius 2 is 1.81 bits per heavy atom. The Hall–Kier alpha value is -2.34. The number of carboxylic acids is 1. The van der Waals surface area contributed by atoms with Gasteiger partial charge in [0, 0.05) is 17.5 Å². The Balaban J connectivity index is 2.13. The molecule has 1 heterocycles. The second-order valence-electron chi connectivity index (χ2n) is 4.40. The fraction of sp³-hybridized carbons (Fsp3) is 0.133. The van der Waals surface area contributed by atoms with Gasteiger partial charge in [0.25, 0.3) is 0 Å². The quantitative estimate of drug-likeness (QED) is 0.906. The number of carbonyl (C=O) groups excluding carboxylic acids is 1. The zero-order valence-corrected chi connectivity index (χ0v) is 12.4. The maximum Gasteiger partial charge on any atom is 0.337 e. The Morgan fingerprint density at radius 3 is 2.33 bits per heavy atom. The third-order valence-electron chi connectivity index (χ3n) is 2.69. The summed E-state index contributed by atoms with van der Waals surface area (Å²) < 4.78 is 0. The van der Waals surface area contributed by atoms with Crippen molar-refractivity contribution in [1.82, 2.24) is 4.98 Å². The monoisotopic (exact) mass is 302 g/mol. The van der Waals surface area contributed by atoms with Crippen molar-refractivity contribution in [2.45, 2.75) is 23.8 Å². The van der Waals surface area contributed by atoms with E-state index in [1.165, 1.54) is 18.7 Å². The van der Waals surface area contributed by atoms with Crippen LogP contribution < -0.4 is 5.32 Å². The first-order valence-corrected chi connectivity index (χ1v) is 7.04. The number of pyridine rings is 1. The highest BCUT2D eigenvalue weighted by molar-refractivity contribution is 7.99. The number of carboxylic acid groups (broad SMARTS) is 1.